The minimum Gasteiger partial charge on any atom is -0.492 e. The molecule has 3 N–H and O–H groups in total. The maximum absolute atomic E-state index is 12.4. The summed E-state index contributed by atoms with van der Waals surface area (Å²) in [6, 6.07) is 14.0. The van der Waals surface area contributed by atoms with E-state index in [0.29, 0.717) is 29.5 Å². The van der Waals surface area contributed by atoms with Crippen LogP contribution >= 0.6 is 11.6 Å². The third-order valence-corrected chi connectivity index (χ3v) is 4.51. The van der Waals surface area contributed by atoms with Crippen LogP contribution in [0, 0.1) is 0 Å². The van der Waals surface area contributed by atoms with Gasteiger partial charge in [-0.25, -0.2) is 4.79 Å². The van der Waals surface area contributed by atoms with Crippen LogP contribution in [0.3, 0.4) is 0 Å². The predicted molar refractivity (Wildman–Crippen MR) is 117 cm³/mol. The van der Waals surface area contributed by atoms with Gasteiger partial charge in [-0.2, -0.15) is 5.10 Å². The summed E-state index contributed by atoms with van der Waals surface area (Å²) in [6.45, 7) is 2.98. The molecule has 0 fully saturated rings. The topological polar surface area (TPSA) is 108 Å². The lowest BCUT2D eigenvalue weighted by atomic mass is 10.1. The van der Waals surface area contributed by atoms with Gasteiger partial charge in [0.15, 0.2) is 5.82 Å². The Balaban J connectivity index is 1.56. The Morgan fingerprint density at radius 1 is 1.19 bits per heavy atom. The largest absolute Gasteiger partial charge is 0.492 e. The molecule has 0 atom stereocenters. The highest BCUT2D eigenvalue weighted by Gasteiger charge is 2.15. The van der Waals surface area contributed by atoms with Gasteiger partial charge in [-0.3, -0.25) is 9.48 Å². The minimum atomic E-state index is -0.385. The summed E-state index contributed by atoms with van der Waals surface area (Å²) in [4.78, 5) is 24.3. The summed E-state index contributed by atoms with van der Waals surface area (Å²) in [5, 5.41) is 7.52. The van der Waals surface area contributed by atoms with Crippen molar-refractivity contribution < 1.29 is 19.1 Å². The molecule has 0 aliphatic rings. The van der Waals surface area contributed by atoms with Gasteiger partial charge in [-0.15, -0.1) is 0 Å². The lowest BCUT2D eigenvalue weighted by molar-refractivity contribution is 0.0526. The van der Waals surface area contributed by atoms with E-state index in [4.69, 9.17) is 26.8 Å². The van der Waals surface area contributed by atoms with Crippen LogP contribution in [0.25, 0.3) is 0 Å². The number of amides is 1. The summed E-state index contributed by atoms with van der Waals surface area (Å²) in [5.74, 6) is 0.0112. The van der Waals surface area contributed by atoms with E-state index >= 15 is 0 Å². The van der Waals surface area contributed by atoms with Gasteiger partial charge in [-0.1, -0.05) is 29.8 Å². The summed E-state index contributed by atoms with van der Waals surface area (Å²) in [6.07, 6.45) is 1.57. The lowest BCUT2D eigenvalue weighted by Crippen LogP contribution is -2.28. The fraction of sp³-hybridized carbons (Fsp3) is 0.227. The number of nitrogens with zero attached hydrogens (tertiary/aromatic N) is 2. The molecule has 1 aromatic heterocycles. The number of carbonyl (C=O) groups excluding carboxylic acids is 2. The van der Waals surface area contributed by atoms with Crippen LogP contribution < -0.4 is 15.8 Å². The number of halogens is 1. The van der Waals surface area contributed by atoms with Gasteiger partial charge in [0.1, 0.15) is 17.9 Å². The first-order valence-electron chi connectivity index (χ1n) is 9.72. The molecule has 0 spiro atoms. The van der Waals surface area contributed by atoms with E-state index in [-0.39, 0.29) is 36.4 Å². The first kappa shape index (κ1) is 22.2. The molecule has 0 saturated heterocycles. The summed E-state index contributed by atoms with van der Waals surface area (Å²) in [5.41, 5.74) is 7.46. The second-order valence-corrected chi connectivity index (χ2v) is 7.04. The highest BCUT2D eigenvalue weighted by Crippen LogP contribution is 2.17. The molecular weight excluding hydrogens is 420 g/mol. The Hall–Kier alpha value is -3.52. The number of carbonyl (C=O) groups is 2. The maximum atomic E-state index is 12.4. The lowest BCUT2D eigenvalue weighted by Gasteiger charge is -2.07. The van der Waals surface area contributed by atoms with Crippen molar-refractivity contribution in [3.63, 3.8) is 0 Å². The quantitative estimate of drug-likeness (QED) is 0.389. The predicted octanol–water partition coefficient (Wildman–Crippen LogP) is 3.15. The van der Waals surface area contributed by atoms with E-state index in [2.05, 4.69) is 10.4 Å². The number of hydrogen-bond donors (Lipinski definition) is 2. The molecule has 1 amide bonds. The summed E-state index contributed by atoms with van der Waals surface area (Å²) < 4.78 is 12.1. The number of benzene rings is 2. The smallest absolute Gasteiger partial charge is 0.338 e. The molecule has 0 radical (unpaired) electrons. The number of nitrogen functional groups attached to an aromatic ring is 1. The molecule has 0 bridgehead atoms. The van der Waals surface area contributed by atoms with Gasteiger partial charge in [-0.05, 0) is 42.8 Å². The highest BCUT2D eigenvalue weighted by molar-refractivity contribution is 6.30. The molecule has 0 aliphatic heterocycles. The SMILES string of the molecule is CCOC(=O)c1cccc(Cn2cc(C(=O)NCCOc3cccc(Cl)c3)c(N)n2)c1. The van der Waals surface area contributed by atoms with Crippen molar-refractivity contribution in [3.8, 4) is 5.75 Å². The van der Waals surface area contributed by atoms with Crippen LogP contribution in [0.15, 0.2) is 54.7 Å². The van der Waals surface area contributed by atoms with Crippen LogP contribution in [0.4, 0.5) is 5.82 Å². The number of hydrogen-bond acceptors (Lipinski definition) is 6. The Morgan fingerprint density at radius 2 is 2.00 bits per heavy atom. The number of esters is 1. The van der Waals surface area contributed by atoms with E-state index in [1.54, 1.807) is 60.3 Å². The highest BCUT2D eigenvalue weighted by atomic mass is 35.5. The molecular formula is C22H23ClN4O4. The molecule has 0 saturated carbocycles. The van der Waals surface area contributed by atoms with Crippen molar-refractivity contribution in [3.05, 3.63) is 76.4 Å². The van der Waals surface area contributed by atoms with Gasteiger partial charge in [0.25, 0.3) is 5.91 Å². The van der Waals surface area contributed by atoms with Crippen molar-refractivity contribution in [1.82, 2.24) is 15.1 Å². The van der Waals surface area contributed by atoms with Gasteiger partial charge in [0.05, 0.1) is 25.3 Å². The fourth-order valence-electron chi connectivity index (χ4n) is 2.88. The number of nitrogens with one attached hydrogen (secondary N) is 1. The monoisotopic (exact) mass is 442 g/mol. The van der Waals surface area contributed by atoms with Crippen LogP contribution in [-0.2, 0) is 11.3 Å². The zero-order chi connectivity index (χ0) is 22.2. The minimum absolute atomic E-state index is 0.120. The first-order chi connectivity index (χ1) is 15.0. The average Bonchev–Trinajstić information content (AvgIpc) is 3.11. The maximum Gasteiger partial charge on any atom is 0.338 e. The summed E-state index contributed by atoms with van der Waals surface area (Å²) >= 11 is 5.91. The first-order valence-corrected chi connectivity index (χ1v) is 10.1. The van der Waals surface area contributed by atoms with Gasteiger partial charge in [0.2, 0.25) is 0 Å². The van der Waals surface area contributed by atoms with E-state index in [1.807, 2.05) is 6.07 Å². The Bertz CT molecular complexity index is 1070. The van der Waals surface area contributed by atoms with Crippen molar-refractivity contribution >= 4 is 29.3 Å². The molecule has 9 heteroatoms. The molecule has 3 rings (SSSR count). The van der Waals surface area contributed by atoms with E-state index in [9.17, 15) is 9.59 Å². The van der Waals surface area contributed by atoms with E-state index in [0.717, 1.165) is 5.56 Å². The molecule has 3 aromatic rings. The second-order valence-electron chi connectivity index (χ2n) is 6.61. The van der Waals surface area contributed by atoms with Gasteiger partial charge >= 0.3 is 5.97 Å². The Labute approximate surface area is 184 Å². The van der Waals surface area contributed by atoms with Crippen molar-refractivity contribution in [2.75, 3.05) is 25.5 Å². The molecule has 2 aromatic carbocycles. The van der Waals surface area contributed by atoms with Crippen LogP contribution in [-0.4, -0.2) is 41.4 Å². The summed E-state index contributed by atoms with van der Waals surface area (Å²) in [7, 11) is 0. The fourth-order valence-corrected chi connectivity index (χ4v) is 3.06. The number of nitrogens with two attached hydrogens (primary N) is 1. The molecule has 162 valence electrons. The number of aromatic nitrogens is 2. The van der Waals surface area contributed by atoms with Crippen LogP contribution in [0.5, 0.6) is 5.75 Å². The molecule has 8 nitrogen and oxygen atoms in total. The van der Waals surface area contributed by atoms with Crippen molar-refractivity contribution in [2.45, 2.75) is 13.5 Å². The van der Waals surface area contributed by atoms with Crippen LogP contribution in [0.1, 0.15) is 33.2 Å². The number of rotatable bonds is 9. The van der Waals surface area contributed by atoms with E-state index < -0.39 is 0 Å². The van der Waals surface area contributed by atoms with Crippen LogP contribution in [0.2, 0.25) is 5.02 Å². The zero-order valence-corrected chi connectivity index (χ0v) is 17.8. The molecule has 0 unspecified atom stereocenters. The number of ether oxygens (including phenoxy) is 2. The van der Waals surface area contributed by atoms with Crippen molar-refractivity contribution in [1.29, 1.82) is 0 Å². The zero-order valence-electron chi connectivity index (χ0n) is 17.0. The van der Waals surface area contributed by atoms with E-state index in [1.165, 1.54) is 0 Å². The molecule has 31 heavy (non-hydrogen) atoms. The van der Waals surface area contributed by atoms with Gasteiger partial charge in [0, 0.05) is 11.2 Å². The Morgan fingerprint density at radius 3 is 2.77 bits per heavy atom. The third kappa shape index (κ3) is 6.23. The standard InChI is InChI=1S/C22H23ClN4O4/c1-2-30-22(29)16-6-3-5-15(11-16)13-27-14-19(20(24)26-27)21(28)25-9-10-31-18-8-4-7-17(23)12-18/h3-8,11-12,14H,2,9-10,13H2,1H3,(H2,24,26)(H,25,28). The molecule has 1 heterocycles. The Kier molecular flexibility index (Phi) is 7.50. The average molecular weight is 443 g/mol. The third-order valence-electron chi connectivity index (χ3n) is 4.27. The molecule has 0 aliphatic carbocycles. The van der Waals surface area contributed by atoms with Crippen molar-refractivity contribution in [2.24, 2.45) is 0 Å². The van der Waals surface area contributed by atoms with Gasteiger partial charge < -0.3 is 20.5 Å². The normalized spacial score (nSPS) is 10.5. The number of anilines is 1. The second kappa shape index (κ2) is 10.5.